The van der Waals surface area contributed by atoms with E-state index in [2.05, 4.69) is 10.3 Å². The summed E-state index contributed by atoms with van der Waals surface area (Å²) in [4.78, 5) is 17.4. The van der Waals surface area contributed by atoms with Gasteiger partial charge in [0.15, 0.2) is 0 Å². The predicted octanol–water partition coefficient (Wildman–Crippen LogP) is 3.03. The second kappa shape index (κ2) is 6.33. The number of amides is 1. The maximum Gasteiger partial charge on any atom is 0.257 e. The van der Waals surface area contributed by atoms with Gasteiger partial charge in [0.1, 0.15) is 5.56 Å². The normalized spacial score (nSPS) is 11.9. The highest BCUT2D eigenvalue weighted by Crippen LogP contribution is 2.20. The van der Waals surface area contributed by atoms with Gasteiger partial charge in [-0.1, -0.05) is 6.07 Å². The number of nitrogens with zero attached hydrogens (tertiary/aromatic N) is 1. The highest BCUT2D eigenvalue weighted by atomic mass is 32.1. The van der Waals surface area contributed by atoms with Crippen molar-refractivity contribution in [1.29, 1.82) is 0 Å². The average molecular weight is 276 g/mol. The fraction of sp³-hybridized carbons (Fsp3) is 0.286. The number of carbonyl (C=O) groups excluding carboxylic acids is 1. The molecular weight excluding hydrogens is 260 g/mol. The van der Waals surface area contributed by atoms with Crippen LogP contribution in [0, 0.1) is 0 Å². The molecule has 0 radical (unpaired) electrons. The smallest absolute Gasteiger partial charge is 0.257 e. The summed E-state index contributed by atoms with van der Waals surface area (Å²) in [5.74, 6) is 0.207. The molecule has 1 atom stereocenters. The van der Waals surface area contributed by atoms with Gasteiger partial charge in [-0.2, -0.15) is 0 Å². The van der Waals surface area contributed by atoms with Crippen LogP contribution in [0.2, 0.25) is 0 Å². The van der Waals surface area contributed by atoms with E-state index in [1.165, 1.54) is 0 Å². The van der Waals surface area contributed by atoms with E-state index in [1.54, 1.807) is 29.7 Å². The molecule has 100 valence electrons. The lowest BCUT2D eigenvalue weighted by Crippen LogP contribution is -2.26. The topological polar surface area (TPSA) is 51.2 Å². The lowest BCUT2D eigenvalue weighted by molar-refractivity contribution is 0.0936. The first-order valence-corrected chi connectivity index (χ1v) is 7.02. The Hall–Kier alpha value is -1.88. The number of pyridine rings is 1. The summed E-state index contributed by atoms with van der Waals surface area (Å²) in [7, 11) is 0. The van der Waals surface area contributed by atoms with Crippen LogP contribution in [-0.4, -0.2) is 17.5 Å². The molecule has 2 heterocycles. The van der Waals surface area contributed by atoms with E-state index >= 15 is 0 Å². The van der Waals surface area contributed by atoms with Gasteiger partial charge in [0.2, 0.25) is 5.88 Å². The molecule has 0 bridgehead atoms. The summed E-state index contributed by atoms with van der Waals surface area (Å²) in [6.45, 7) is 4.31. The second-order valence-electron chi connectivity index (χ2n) is 4.00. The quantitative estimate of drug-likeness (QED) is 0.913. The maximum absolute atomic E-state index is 12.2. The summed E-state index contributed by atoms with van der Waals surface area (Å²) in [6.07, 6.45) is 1.62. The molecule has 0 aliphatic heterocycles. The zero-order chi connectivity index (χ0) is 13.7. The minimum Gasteiger partial charge on any atom is -0.477 e. The predicted molar refractivity (Wildman–Crippen MR) is 75.6 cm³/mol. The summed E-state index contributed by atoms with van der Waals surface area (Å²) >= 11 is 1.62. The van der Waals surface area contributed by atoms with Crippen LogP contribution in [0.3, 0.4) is 0 Å². The highest BCUT2D eigenvalue weighted by molar-refractivity contribution is 7.10. The van der Waals surface area contributed by atoms with Gasteiger partial charge in [0.05, 0.1) is 12.6 Å². The Bertz CT molecular complexity index is 540. The van der Waals surface area contributed by atoms with Crippen LogP contribution in [0.15, 0.2) is 35.8 Å². The van der Waals surface area contributed by atoms with Crippen molar-refractivity contribution < 1.29 is 9.53 Å². The first-order valence-electron chi connectivity index (χ1n) is 6.14. The minimum atomic E-state index is -0.169. The largest absolute Gasteiger partial charge is 0.477 e. The van der Waals surface area contributed by atoms with Gasteiger partial charge in [-0.3, -0.25) is 4.79 Å². The summed E-state index contributed by atoms with van der Waals surface area (Å²) < 4.78 is 5.36. The Morgan fingerprint density at radius 3 is 3.00 bits per heavy atom. The molecule has 4 nitrogen and oxygen atoms in total. The Kier molecular flexibility index (Phi) is 4.52. The molecule has 0 saturated carbocycles. The van der Waals surface area contributed by atoms with Crippen LogP contribution in [0.5, 0.6) is 5.88 Å². The van der Waals surface area contributed by atoms with E-state index in [1.807, 2.05) is 31.4 Å². The zero-order valence-corrected chi connectivity index (χ0v) is 11.7. The van der Waals surface area contributed by atoms with Gasteiger partial charge in [-0.15, -0.1) is 11.3 Å². The van der Waals surface area contributed by atoms with Gasteiger partial charge < -0.3 is 10.1 Å². The van der Waals surface area contributed by atoms with E-state index in [0.29, 0.717) is 18.1 Å². The van der Waals surface area contributed by atoms with E-state index in [4.69, 9.17) is 4.74 Å². The Balaban J connectivity index is 2.11. The van der Waals surface area contributed by atoms with Crippen molar-refractivity contribution in [2.24, 2.45) is 0 Å². The number of hydrogen-bond acceptors (Lipinski definition) is 4. The number of carbonyl (C=O) groups is 1. The van der Waals surface area contributed by atoms with Crippen molar-refractivity contribution >= 4 is 17.2 Å². The molecule has 1 amide bonds. The summed E-state index contributed by atoms with van der Waals surface area (Å²) in [5.41, 5.74) is 0.466. The molecule has 2 aromatic rings. The average Bonchev–Trinajstić information content (AvgIpc) is 2.93. The third-order valence-electron chi connectivity index (χ3n) is 2.61. The van der Waals surface area contributed by atoms with Gasteiger partial charge >= 0.3 is 0 Å². The van der Waals surface area contributed by atoms with Crippen molar-refractivity contribution in [1.82, 2.24) is 10.3 Å². The van der Waals surface area contributed by atoms with Crippen LogP contribution >= 0.6 is 11.3 Å². The minimum absolute atomic E-state index is 0.0258. The number of hydrogen-bond donors (Lipinski definition) is 1. The summed E-state index contributed by atoms with van der Waals surface area (Å²) in [5, 5.41) is 4.94. The van der Waals surface area contributed by atoms with Gasteiger partial charge in [-0.25, -0.2) is 4.98 Å². The molecule has 0 aliphatic rings. The first-order chi connectivity index (χ1) is 9.22. The molecule has 2 aromatic heterocycles. The molecule has 0 fully saturated rings. The van der Waals surface area contributed by atoms with Crippen LogP contribution in [0.1, 0.15) is 35.1 Å². The number of ether oxygens (including phenoxy) is 1. The number of nitrogens with one attached hydrogen (secondary N) is 1. The van der Waals surface area contributed by atoms with Gasteiger partial charge in [0, 0.05) is 11.1 Å². The fourth-order valence-corrected chi connectivity index (χ4v) is 2.43. The first kappa shape index (κ1) is 13.5. The molecular formula is C14H16N2O2S. The van der Waals surface area contributed by atoms with Crippen molar-refractivity contribution in [2.45, 2.75) is 19.9 Å². The number of rotatable bonds is 5. The summed E-state index contributed by atoms with van der Waals surface area (Å²) in [6, 6.07) is 7.39. The number of thiophene rings is 1. The standard InChI is InChI=1S/C14H16N2O2S/c1-3-18-14-11(6-4-8-15-14)13(17)16-10(2)12-7-5-9-19-12/h4-10H,3H2,1-2H3,(H,16,17). The van der Waals surface area contributed by atoms with Crippen molar-refractivity contribution in [2.75, 3.05) is 6.61 Å². The van der Waals surface area contributed by atoms with Gasteiger partial charge in [-0.05, 0) is 37.4 Å². The van der Waals surface area contributed by atoms with Crippen LogP contribution in [-0.2, 0) is 0 Å². The van der Waals surface area contributed by atoms with Crippen molar-refractivity contribution in [3.8, 4) is 5.88 Å². The van der Waals surface area contributed by atoms with Crippen molar-refractivity contribution in [3.63, 3.8) is 0 Å². The van der Waals surface area contributed by atoms with Crippen LogP contribution < -0.4 is 10.1 Å². The molecule has 1 unspecified atom stereocenters. The van der Waals surface area contributed by atoms with Gasteiger partial charge in [0.25, 0.3) is 5.91 Å². The molecule has 0 aliphatic carbocycles. The van der Waals surface area contributed by atoms with Crippen LogP contribution in [0.25, 0.3) is 0 Å². The number of aromatic nitrogens is 1. The second-order valence-corrected chi connectivity index (χ2v) is 4.98. The maximum atomic E-state index is 12.2. The molecule has 5 heteroatoms. The molecule has 19 heavy (non-hydrogen) atoms. The van der Waals surface area contributed by atoms with E-state index in [-0.39, 0.29) is 11.9 Å². The van der Waals surface area contributed by atoms with E-state index < -0.39 is 0 Å². The highest BCUT2D eigenvalue weighted by Gasteiger charge is 2.16. The third kappa shape index (κ3) is 3.32. The Morgan fingerprint density at radius 1 is 1.47 bits per heavy atom. The van der Waals surface area contributed by atoms with E-state index in [9.17, 15) is 4.79 Å². The van der Waals surface area contributed by atoms with Crippen molar-refractivity contribution in [3.05, 3.63) is 46.3 Å². The lowest BCUT2D eigenvalue weighted by atomic mass is 10.2. The molecule has 2 rings (SSSR count). The molecule has 0 aromatic carbocycles. The third-order valence-corrected chi connectivity index (χ3v) is 3.67. The van der Waals surface area contributed by atoms with Crippen LogP contribution in [0.4, 0.5) is 0 Å². The molecule has 0 saturated heterocycles. The molecule has 0 spiro atoms. The Labute approximate surface area is 116 Å². The lowest BCUT2D eigenvalue weighted by Gasteiger charge is -2.13. The Morgan fingerprint density at radius 2 is 2.32 bits per heavy atom. The SMILES string of the molecule is CCOc1ncccc1C(=O)NC(C)c1cccs1. The van der Waals surface area contributed by atoms with E-state index in [0.717, 1.165) is 4.88 Å². The zero-order valence-electron chi connectivity index (χ0n) is 10.9. The molecule has 1 N–H and O–H groups in total. The monoisotopic (exact) mass is 276 g/mol. The fourth-order valence-electron chi connectivity index (χ4n) is 1.70.